The molecule has 0 bridgehead atoms. The van der Waals surface area contributed by atoms with Crippen LogP contribution in [0.4, 0.5) is 4.39 Å². The number of thioether (sulfide) groups is 1. The van der Waals surface area contributed by atoms with Crippen molar-refractivity contribution < 1.29 is 18.4 Å². The van der Waals surface area contributed by atoms with E-state index in [0.717, 1.165) is 37.0 Å². The summed E-state index contributed by atoms with van der Waals surface area (Å²) in [6.45, 7) is 1.44. The number of unbranched alkanes of at least 4 members (excludes halogenated alkanes) is 2. The molecule has 0 spiro atoms. The molecule has 0 fully saturated rings. The summed E-state index contributed by atoms with van der Waals surface area (Å²) in [5.41, 5.74) is 2.26. The molecule has 4 nitrogen and oxygen atoms in total. The zero-order chi connectivity index (χ0) is 20.0. The predicted molar refractivity (Wildman–Crippen MR) is 113 cm³/mol. The molecular formula is C21H28FNO3PS+. The minimum atomic E-state index is -2.52. The Morgan fingerprint density at radius 1 is 1.04 bits per heavy atom. The first-order chi connectivity index (χ1) is 13.6. The molecule has 0 aliphatic heterocycles. The standard InChI is InChI=1S/C21H27FNO3PS/c22-20-16-19(17-23-13-7-14-26-27(24)25)11-12-21(20)28-15-6-2-5-10-18-8-3-1-4-9-18/h1,3-4,8-9,11-12,16,23H,2,5-7,10,13-15,17H2/p+1. The average molecular weight is 424 g/mol. The molecule has 0 aliphatic rings. The molecule has 152 valence electrons. The molecule has 0 radical (unpaired) electrons. The number of benzene rings is 2. The summed E-state index contributed by atoms with van der Waals surface area (Å²) in [7, 11) is -2.52. The van der Waals surface area contributed by atoms with Crippen molar-refractivity contribution in [3.63, 3.8) is 0 Å². The van der Waals surface area contributed by atoms with Crippen molar-refractivity contribution in [2.24, 2.45) is 0 Å². The van der Waals surface area contributed by atoms with Crippen LogP contribution in [-0.2, 0) is 22.1 Å². The smallest absolute Gasteiger partial charge is 0.313 e. The van der Waals surface area contributed by atoms with Crippen molar-refractivity contribution >= 4 is 20.0 Å². The van der Waals surface area contributed by atoms with E-state index in [-0.39, 0.29) is 12.4 Å². The molecule has 28 heavy (non-hydrogen) atoms. The van der Waals surface area contributed by atoms with E-state index < -0.39 is 8.25 Å². The fourth-order valence-corrected chi connectivity index (χ4v) is 3.99. The molecular weight excluding hydrogens is 396 g/mol. The van der Waals surface area contributed by atoms with Crippen LogP contribution >= 0.6 is 20.0 Å². The van der Waals surface area contributed by atoms with Crippen LogP contribution in [0.15, 0.2) is 53.4 Å². The van der Waals surface area contributed by atoms with Gasteiger partial charge in [0.1, 0.15) is 12.4 Å². The second-order valence-corrected chi connectivity index (χ2v) is 8.38. The van der Waals surface area contributed by atoms with Crippen LogP contribution in [0.3, 0.4) is 0 Å². The SMILES string of the molecule is O=[P+](O)OCCCNCc1ccc(SCCCCCc2ccccc2)c(F)c1. The number of aryl methyl sites for hydroxylation is 1. The minimum Gasteiger partial charge on any atom is -0.313 e. The van der Waals surface area contributed by atoms with Crippen molar-refractivity contribution in [1.82, 2.24) is 5.32 Å². The Morgan fingerprint density at radius 3 is 2.61 bits per heavy atom. The van der Waals surface area contributed by atoms with E-state index in [1.54, 1.807) is 17.8 Å². The van der Waals surface area contributed by atoms with Crippen molar-refractivity contribution in [3.05, 3.63) is 65.5 Å². The number of halogens is 1. The summed E-state index contributed by atoms with van der Waals surface area (Å²) < 4.78 is 29.2. The Morgan fingerprint density at radius 2 is 1.86 bits per heavy atom. The van der Waals surface area contributed by atoms with Crippen molar-refractivity contribution in [1.29, 1.82) is 0 Å². The minimum absolute atomic E-state index is 0.172. The van der Waals surface area contributed by atoms with E-state index in [0.29, 0.717) is 24.4 Å². The van der Waals surface area contributed by atoms with Crippen LogP contribution in [-0.4, -0.2) is 23.8 Å². The molecule has 1 atom stereocenters. The van der Waals surface area contributed by atoms with E-state index in [2.05, 4.69) is 34.1 Å². The van der Waals surface area contributed by atoms with E-state index >= 15 is 0 Å². The molecule has 0 heterocycles. The first-order valence-electron chi connectivity index (χ1n) is 9.60. The lowest BCUT2D eigenvalue weighted by molar-refractivity contribution is 0.276. The maximum absolute atomic E-state index is 14.2. The maximum Gasteiger partial charge on any atom is 0.694 e. The Labute approximate surface area is 171 Å². The van der Waals surface area contributed by atoms with Gasteiger partial charge in [-0.1, -0.05) is 42.8 Å². The van der Waals surface area contributed by atoms with E-state index in [4.69, 9.17) is 4.89 Å². The third-order valence-electron chi connectivity index (χ3n) is 4.24. The van der Waals surface area contributed by atoms with Gasteiger partial charge in [0.25, 0.3) is 0 Å². The Balaban J connectivity index is 1.58. The van der Waals surface area contributed by atoms with Crippen LogP contribution in [0.1, 0.15) is 36.8 Å². The van der Waals surface area contributed by atoms with Crippen molar-refractivity contribution in [2.45, 2.75) is 43.5 Å². The normalized spacial score (nSPS) is 11.6. The maximum atomic E-state index is 14.2. The molecule has 2 N–H and O–H groups in total. The monoisotopic (exact) mass is 424 g/mol. The molecule has 0 aliphatic carbocycles. The van der Waals surface area contributed by atoms with Gasteiger partial charge in [-0.25, -0.2) is 4.39 Å². The summed E-state index contributed by atoms with van der Waals surface area (Å²) in [6.07, 6.45) is 5.13. The van der Waals surface area contributed by atoms with E-state index in [9.17, 15) is 8.96 Å². The van der Waals surface area contributed by atoms with Gasteiger partial charge in [0.15, 0.2) is 0 Å². The molecule has 2 aromatic carbocycles. The van der Waals surface area contributed by atoms with Crippen LogP contribution < -0.4 is 5.32 Å². The van der Waals surface area contributed by atoms with Gasteiger partial charge in [-0.15, -0.1) is 21.2 Å². The fourth-order valence-electron chi connectivity index (χ4n) is 2.78. The highest BCUT2D eigenvalue weighted by Gasteiger charge is 2.10. The highest BCUT2D eigenvalue weighted by Crippen LogP contribution is 2.24. The lowest BCUT2D eigenvalue weighted by atomic mass is 10.1. The second-order valence-electron chi connectivity index (χ2n) is 6.51. The summed E-state index contributed by atoms with van der Waals surface area (Å²) >= 11 is 1.58. The zero-order valence-corrected chi connectivity index (χ0v) is 17.7. The lowest BCUT2D eigenvalue weighted by Crippen LogP contribution is -2.16. The number of rotatable bonds is 14. The second kappa shape index (κ2) is 13.8. The van der Waals surface area contributed by atoms with Gasteiger partial charge in [0, 0.05) is 16.0 Å². The van der Waals surface area contributed by atoms with E-state index in [1.807, 2.05) is 18.2 Å². The van der Waals surface area contributed by atoms with Crippen LogP contribution in [0.5, 0.6) is 0 Å². The summed E-state index contributed by atoms with van der Waals surface area (Å²) in [5.74, 6) is 0.755. The zero-order valence-electron chi connectivity index (χ0n) is 16.0. The molecule has 0 saturated carbocycles. The fraction of sp³-hybridized carbons (Fsp3) is 0.429. The quantitative estimate of drug-likeness (QED) is 0.239. The topological polar surface area (TPSA) is 58.6 Å². The molecule has 0 amide bonds. The highest BCUT2D eigenvalue weighted by atomic mass is 32.2. The summed E-state index contributed by atoms with van der Waals surface area (Å²) in [4.78, 5) is 9.22. The first kappa shape index (κ1) is 23.0. The largest absolute Gasteiger partial charge is 0.694 e. The van der Waals surface area contributed by atoms with Gasteiger partial charge in [-0.3, -0.25) is 0 Å². The van der Waals surface area contributed by atoms with Gasteiger partial charge in [0.05, 0.1) is 0 Å². The van der Waals surface area contributed by atoms with Crippen LogP contribution in [0, 0.1) is 5.82 Å². The van der Waals surface area contributed by atoms with Gasteiger partial charge >= 0.3 is 8.25 Å². The number of nitrogens with one attached hydrogen (secondary N) is 1. The summed E-state index contributed by atoms with van der Waals surface area (Å²) in [6, 6.07) is 15.9. The molecule has 0 aromatic heterocycles. The summed E-state index contributed by atoms with van der Waals surface area (Å²) in [5, 5.41) is 3.17. The lowest BCUT2D eigenvalue weighted by Gasteiger charge is -2.07. The molecule has 2 aromatic rings. The molecule has 2 rings (SSSR count). The van der Waals surface area contributed by atoms with Crippen molar-refractivity contribution in [2.75, 3.05) is 18.9 Å². The third-order valence-corrected chi connectivity index (χ3v) is 5.77. The Hall–Kier alpha value is -1.30. The van der Waals surface area contributed by atoms with E-state index in [1.165, 1.54) is 5.56 Å². The third kappa shape index (κ3) is 9.76. The van der Waals surface area contributed by atoms with Crippen LogP contribution in [0.25, 0.3) is 0 Å². The predicted octanol–water partition coefficient (Wildman–Crippen LogP) is 5.48. The Kier molecular flexibility index (Phi) is 11.3. The van der Waals surface area contributed by atoms with Gasteiger partial charge in [0.2, 0.25) is 0 Å². The van der Waals surface area contributed by atoms with Gasteiger partial charge < -0.3 is 5.32 Å². The number of hydrogen-bond acceptors (Lipinski definition) is 4. The number of hydrogen-bond donors (Lipinski definition) is 2. The first-order valence-corrected chi connectivity index (χ1v) is 11.7. The Bertz CT molecular complexity index is 718. The highest BCUT2D eigenvalue weighted by molar-refractivity contribution is 7.99. The van der Waals surface area contributed by atoms with Crippen LogP contribution in [0.2, 0.25) is 0 Å². The molecule has 7 heteroatoms. The van der Waals surface area contributed by atoms with Gasteiger partial charge in [-0.05, 0) is 61.2 Å². The molecule has 0 saturated heterocycles. The van der Waals surface area contributed by atoms with Crippen molar-refractivity contribution in [3.8, 4) is 0 Å². The van der Waals surface area contributed by atoms with Gasteiger partial charge in [-0.2, -0.15) is 0 Å². The molecule has 1 unspecified atom stereocenters. The average Bonchev–Trinajstić information content (AvgIpc) is 2.69.